The third-order valence-electron chi connectivity index (χ3n) is 4.46. The van der Waals surface area contributed by atoms with E-state index in [1.54, 1.807) is 60.7 Å². The number of benzene rings is 3. The Balaban J connectivity index is 1.70. The van der Waals surface area contributed by atoms with Crippen molar-refractivity contribution in [1.29, 1.82) is 0 Å². The van der Waals surface area contributed by atoms with Crippen LogP contribution in [-0.4, -0.2) is 27.1 Å². The summed E-state index contributed by atoms with van der Waals surface area (Å²) in [6.07, 6.45) is 0. The molecule has 0 aliphatic carbocycles. The van der Waals surface area contributed by atoms with Gasteiger partial charge in [-0.05, 0) is 61.1 Å². The molecule has 0 heterocycles. The SMILES string of the molecule is CNS(=O)(=O)c1cccc(CNC(=O)c2ccccc2Nc2ccc(SC(F)F)cc2)c1. The Kier molecular flexibility index (Phi) is 7.84. The maximum Gasteiger partial charge on any atom is 0.288 e. The number of para-hydroxylation sites is 1. The molecule has 6 nitrogen and oxygen atoms in total. The van der Waals surface area contributed by atoms with E-state index in [9.17, 15) is 22.0 Å². The molecule has 0 aliphatic rings. The van der Waals surface area contributed by atoms with Gasteiger partial charge in [-0.2, -0.15) is 8.78 Å². The highest BCUT2D eigenvalue weighted by molar-refractivity contribution is 7.99. The summed E-state index contributed by atoms with van der Waals surface area (Å²) in [6, 6.07) is 19.7. The molecule has 3 aromatic carbocycles. The Hall–Kier alpha value is -2.95. The van der Waals surface area contributed by atoms with Gasteiger partial charge in [0.05, 0.1) is 16.1 Å². The molecule has 0 spiro atoms. The van der Waals surface area contributed by atoms with E-state index < -0.39 is 15.8 Å². The number of hydrogen-bond acceptors (Lipinski definition) is 5. The molecule has 0 aliphatic heterocycles. The highest BCUT2D eigenvalue weighted by Crippen LogP contribution is 2.28. The summed E-state index contributed by atoms with van der Waals surface area (Å²) in [4.78, 5) is 13.3. The molecule has 0 aromatic heterocycles. The van der Waals surface area contributed by atoms with Gasteiger partial charge in [-0.15, -0.1) is 0 Å². The van der Waals surface area contributed by atoms with Gasteiger partial charge in [-0.3, -0.25) is 4.79 Å². The van der Waals surface area contributed by atoms with Crippen molar-refractivity contribution < 1.29 is 22.0 Å². The van der Waals surface area contributed by atoms with Crippen LogP contribution < -0.4 is 15.4 Å². The molecular weight excluding hydrogens is 456 g/mol. The van der Waals surface area contributed by atoms with Crippen molar-refractivity contribution in [3.8, 4) is 0 Å². The Morgan fingerprint density at radius 1 is 1.00 bits per heavy atom. The predicted octanol–water partition coefficient (Wildman–Crippen LogP) is 4.58. The van der Waals surface area contributed by atoms with E-state index in [4.69, 9.17) is 0 Å². The van der Waals surface area contributed by atoms with Crippen LogP contribution in [0.3, 0.4) is 0 Å². The summed E-state index contributed by atoms with van der Waals surface area (Å²) in [5, 5.41) is 5.91. The van der Waals surface area contributed by atoms with E-state index >= 15 is 0 Å². The summed E-state index contributed by atoms with van der Waals surface area (Å²) < 4.78 is 51.1. The van der Waals surface area contributed by atoms with Crippen molar-refractivity contribution in [1.82, 2.24) is 10.0 Å². The minimum Gasteiger partial charge on any atom is -0.355 e. The van der Waals surface area contributed by atoms with Crippen LogP contribution in [-0.2, 0) is 16.6 Å². The van der Waals surface area contributed by atoms with Crippen molar-refractivity contribution >= 4 is 39.1 Å². The fourth-order valence-electron chi connectivity index (χ4n) is 2.88. The zero-order valence-corrected chi connectivity index (χ0v) is 18.6. The number of carbonyl (C=O) groups excluding carboxylic acids is 1. The van der Waals surface area contributed by atoms with Gasteiger partial charge < -0.3 is 10.6 Å². The second-order valence-electron chi connectivity index (χ2n) is 6.61. The van der Waals surface area contributed by atoms with Crippen molar-refractivity contribution in [2.24, 2.45) is 0 Å². The monoisotopic (exact) mass is 477 g/mol. The number of alkyl halides is 2. The highest BCUT2D eigenvalue weighted by Gasteiger charge is 2.14. The summed E-state index contributed by atoms with van der Waals surface area (Å²) in [7, 11) is -2.25. The topological polar surface area (TPSA) is 87.3 Å². The second-order valence-corrected chi connectivity index (χ2v) is 9.56. The maximum atomic E-state index is 12.8. The van der Waals surface area contributed by atoms with Crippen LogP contribution in [0.15, 0.2) is 82.6 Å². The van der Waals surface area contributed by atoms with Crippen LogP contribution in [0.5, 0.6) is 0 Å². The molecule has 0 radical (unpaired) electrons. The normalized spacial score (nSPS) is 11.4. The smallest absolute Gasteiger partial charge is 0.288 e. The lowest BCUT2D eigenvalue weighted by atomic mass is 10.1. The van der Waals surface area contributed by atoms with Crippen molar-refractivity contribution in [2.45, 2.75) is 22.1 Å². The summed E-state index contributed by atoms with van der Waals surface area (Å²) >= 11 is 0.463. The largest absolute Gasteiger partial charge is 0.355 e. The first-order valence-corrected chi connectivity index (χ1v) is 11.9. The zero-order chi connectivity index (χ0) is 23.1. The molecule has 3 N–H and O–H groups in total. The first kappa shape index (κ1) is 23.7. The number of amides is 1. The molecule has 0 bridgehead atoms. The van der Waals surface area contributed by atoms with E-state index in [2.05, 4.69) is 15.4 Å². The minimum atomic E-state index is -3.58. The summed E-state index contributed by atoms with van der Waals surface area (Å²) in [6.45, 7) is 0.139. The number of sulfonamides is 1. The Morgan fingerprint density at radius 3 is 2.41 bits per heavy atom. The molecule has 0 unspecified atom stereocenters. The van der Waals surface area contributed by atoms with Crippen LogP contribution in [0.25, 0.3) is 0 Å². The van der Waals surface area contributed by atoms with Gasteiger partial charge in [0, 0.05) is 17.1 Å². The van der Waals surface area contributed by atoms with Gasteiger partial charge >= 0.3 is 0 Å². The van der Waals surface area contributed by atoms with E-state index in [0.717, 1.165) is 0 Å². The number of anilines is 2. The molecule has 1 amide bonds. The first-order valence-electron chi connectivity index (χ1n) is 9.50. The zero-order valence-electron chi connectivity index (χ0n) is 17.0. The standard InChI is InChI=1S/C22H21F2N3O3S2/c1-25-32(29,30)18-6-4-5-15(13-18)14-26-21(28)19-7-2-3-8-20(19)27-16-9-11-17(12-10-16)31-22(23)24/h2-13,22,25,27H,14H2,1H3,(H,26,28). The number of carbonyl (C=O) groups is 1. The second kappa shape index (κ2) is 10.6. The molecule has 3 rings (SSSR count). The van der Waals surface area contributed by atoms with Crippen molar-refractivity contribution in [2.75, 3.05) is 12.4 Å². The molecule has 0 fully saturated rings. The molecule has 168 valence electrons. The molecule has 0 saturated carbocycles. The highest BCUT2D eigenvalue weighted by atomic mass is 32.2. The average Bonchev–Trinajstić information content (AvgIpc) is 2.79. The number of halogens is 2. The molecule has 0 atom stereocenters. The van der Waals surface area contributed by atoms with Crippen molar-refractivity contribution in [3.05, 3.63) is 83.9 Å². The predicted molar refractivity (Wildman–Crippen MR) is 122 cm³/mol. The van der Waals surface area contributed by atoms with Gasteiger partial charge in [0.15, 0.2) is 0 Å². The van der Waals surface area contributed by atoms with Gasteiger partial charge in [-0.25, -0.2) is 13.1 Å². The molecule has 3 aromatic rings. The van der Waals surface area contributed by atoms with Crippen LogP contribution in [0, 0.1) is 0 Å². The number of nitrogens with one attached hydrogen (secondary N) is 3. The number of thioether (sulfide) groups is 1. The lowest BCUT2D eigenvalue weighted by molar-refractivity contribution is 0.0951. The van der Waals surface area contributed by atoms with Crippen LogP contribution in [0.1, 0.15) is 15.9 Å². The van der Waals surface area contributed by atoms with Crippen molar-refractivity contribution in [3.63, 3.8) is 0 Å². The fourth-order valence-corrected chi connectivity index (χ4v) is 4.18. The van der Waals surface area contributed by atoms with Gasteiger partial charge in [0.2, 0.25) is 10.0 Å². The lowest BCUT2D eigenvalue weighted by Crippen LogP contribution is -2.24. The average molecular weight is 478 g/mol. The van der Waals surface area contributed by atoms with Gasteiger partial charge in [0.1, 0.15) is 0 Å². The Bertz CT molecular complexity index is 1190. The third-order valence-corrected chi connectivity index (χ3v) is 6.60. The number of rotatable bonds is 9. The lowest BCUT2D eigenvalue weighted by Gasteiger charge is -2.13. The Morgan fingerprint density at radius 2 is 1.72 bits per heavy atom. The number of hydrogen-bond donors (Lipinski definition) is 3. The van der Waals surface area contributed by atoms with E-state index in [0.29, 0.717) is 39.2 Å². The van der Waals surface area contributed by atoms with Crippen LogP contribution >= 0.6 is 11.8 Å². The first-order chi connectivity index (χ1) is 15.3. The fraction of sp³-hybridized carbons (Fsp3) is 0.136. The third kappa shape index (κ3) is 6.28. The molecule has 0 saturated heterocycles. The van der Waals surface area contributed by atoms with Crippen LogP contribution in [0.4, 0.5) is 20.2 Å². The van der Waals surface area contributed by atoms with E-state index in [-0.39, 0.29) is 17.3 Å². The molecule has 10 heteroatoms. The summed E-state index contributed by atoms with van der Waals surface area (Å²) in [5.41, 5.74) is 2.21. The quantitative estimate of drug-likeness (QED) is 0.393. The molecular formula is C22H21F2N3O3S2. The van der Waals surface area contributed by atoms with Crippen LogP contribution in [0.2, 0.25) is 0 Å². The van der Waals surface area contributed by atoms with E-state index in [1.165, 1.54) is 19.2 Å². The van der Waals surface area contributed by atoms with E-state index in [1.807, 2.05) is 0 Å². The summed E-state index contributed by atoms with van der Waals surface area (Å²) in [5.74, 6) is -2.84. The molecule has 32 heavy (non-hydrogen) atoms. The van der Waals surface area contributed by atoms with Gasteiger partial charge in [-0.1, -0.05) is 36.0 Å². The minimum absolute atomic E-state index is 0.113. The Labute approximate surface area is 189 Å². The maximum absolute atomic E-state index is 12.8. The van der Waals surface area contributed by atoms with Gasteiger partial charge in [0.25, 0.3) is 11.7 Å².